The number of hydrogen-bond acceptors (Lipinski definition) is 8. The monoisotopic (exact) mass is 382 g/mol. The van der Waals surface area contributed by atoms with Crippen molar-refractivity contribution in [1.82, 2.24) is 24.7 Å². The molecule has 0 aliphatic carbocycles. The minimum absolute atomic E-state index is 0.0109. The van der Waals surface area contributed by atoms with Gasteiger partial charge in [-0.2, -0.15) is 0 Å². The predicted octanol–water partition coefficient (Wildman–Crippen LogP) is 3.85. The van der Waals surface area contributed by atoms with Crippen LogP contribution in [-0.4, -0.2) is 29.7 Å². The first-order chi connectivity index (χ1) is 12.7. The minimum atomic E-state index is -0.455. The second-order valence-corrected chi connectivity index (χ2v) is 7.24. The molecule has 8 nitrogen and oxygen atoms in total. The molecule has 4 rings (SSSR count). The van der Waals surface area contributed by atoms with Gasteiger partial charge in [0.05, 0.1) is 4.92 Å². The van der Waals surface area contributed by atoms with Gasteiger partial charge in [-0.3, -0.25) is 19.7 Å². The highest BCUT2D eigenvalue weighted by Crippen LogP contribution is 2.35. The van der Waals surface area contributed by atoms with E-state index in [1.54, 1.807) is 6.20 Å². The van der Waals surface area contributed by atoms with E-state index in [4.69, 9.17) is 0 Å². The average Bonchev–Trinajstić information content (AvgIpc) is 3.31. The molecule has 0 bridgehead atoms. The summed E-state index contributed by atoms with van der Waals surface area (Å²) in [6.07, 6.45) is 2.94. The zero-order valence-corrected chi connectivity index (χ0v) is 14.7. The van der Waals surface area contributed by atoms with Crippen LogP contribution in [0.2, 0.25) is 0 Å². The molecule has 0 amide bonds. The smallest absolute Gasteiger partial charge is 0.268 e. The Bertz CT molecular complexity index is 1050. The molecular weight excluding hydrogens is 372 g/mol. The van der Waals surface area contributed by atoms with Crippen molar-refractivity contribution in [3.05, 3.63) is 71.0 Å². The number of aromatic nitrogens is 5. The number of nitrogens with zero attached hydrogens (tertiary/aromatic N) is 6. The quantitative estimate of drug-likeness (QED) is 0.382. The van der Waals surface area contributed by atoms with Crippen molar-refractivity contribution in [3.8, 4) is 17.2 Å². The first-order valence-electron chi connectivity index (χ1n) is 7.42. The van der Waals surface area contributed by atoms with Crippen LogP contribution in [-0.2, 0) is 0 Å². The van der Waals surface area contributed by atoms with Crippen LogP contribution >= 0.6 is 23.1 Å². The van der Waals surface area contributed by atoms with Gasteiger partial charge in [0.2, 0.25) is 5.16 Å². The number of pyridine rings is 1. The van der Waals surface area contributed by atoms with Gasteiger partial charge in [-0.05, 0) is 47.4 Å². The third-order valence-corrected chi connectivity index (χ3v) is 5.34. The van der Waals surface area contributed by atoms with Gasteiger partial charge in [0.25, 0.3) is 0 Å². The second kappa shape index (κ2) is 7.02. The van der Waals surface area contributed by atoms with Crippen LogP contribution in [0.1, 0.15) is 0 Å². The molecule has 0 unspecified atom stereocenters. The van der Waals surface area contributed by atoms with Crippen LogP contribution in [0.15, 0.2) is 70.4 Å². The van der Waals surface area contributed by atoms with Crippen LogP contribution in [0.25, 0.3) is 17.2 Å². The van der Waals surface area contributed by atoms with E-state index in [0.29, 0.717) is 21.0 Å². The lowest BCUT2D eigenvalue weighted by atomic mass is 10.3. The number of rotatable bonds is 5. The Kier molecular flexibility index (Phi) is 4.42. The maximum atomic E-state index is 10.9. The molecular formula is C16H10N6O2S2. The summed E-state index contributed by atoms with van der Waals surface area (Å²) in [6.45, 7) is 0. The maximum Gasteiger partial charge on any atom is 0.344 e. The SMILES string of the molecule is O=[N+]([O-])c1cnc(Sc2nnc(-c3ccccn3)n2-c2ccccc2)s1. The molecule has 26 heavy (non-hydrogen) atoms. The van der Waals surface area contributed by atoms with Crippen molar-refractivity contribution < 1.29 is 4.92 Å². The van der Waals surface area contributed by atoms with Gasteiger partial charge in [0.15, 0.2) is 10.2 Å². The van der Waals surface area contributed by atoms with Crippen LogP contribution in [0.3, 0.4) is 0 Å². The van der Waals surface area contributed by atoms with Crippen molar-refractivity contribution in [3.63, 3.8) is 0 Å². The molecule has 3 heterocycles. The standard InChI is InChI=1S/C16H10N6O2S2/c23-22(24)13-10-18-16(25-13)26-15-20-19-14(12-8-4-5-9-17-12)21(15)11-6-2-1-3-7-11/h1-10H. The van der Waals surface area contributed by atoms with Crippen molar-refractivity contribution in [2.45, 2.75) is 9.50 Å². The molecule has 1 aromatic carbocycles. The van der Waals surface area contributed by atoms with Crippen LogP contribution in [0.5, 0.6) is 0 Å². The van der Waals surface area contributed by atoms with Crippen LogP contribution < -0.4 is 0 Å². The summed E-state index contributed by atoms with van der Waals surface area (Å²) in [6, 6.07) is 15.2. The number of thiazole rings is 1. The van der Waals surface area contributed by atoms with Crippen molar-refractivity contribution >= 4 is 28.1 Å². The third-order valence-electron chi connectivity index (χ3n) is 3.37. The fraction of sp³-hybridized carbons (Fsp3) is 0. The molecule has 0 aliphatic heterocycles. The summed E-state index contributed by atoms with van der Waals surface area (Å²) >= 11 is 2.23. The Labute approximate surface area is 155 Å². The number of benzene rings is 1. The predicted molar refractivity (Wildman–Crippen MR) is 97.5 cm³/mol. The maximum absolute atomic E-state index is 10.9. The highest BCUT2D eigenvalue weighted by atomic mass is 32.2. The lowest BCUT2D eigenvalue weighted by Crippen LogP contribution is -2.00. The molecule has 4 aromatic rings. The Balaban J connectivity index is 1.79. The van der Waals surface area contributed by atoms with Gasteiger partial charge in [-0.15, -0.1) is 10.2 Å². The summed E-state index contributed by atoms with van der Waals surface area (Å²) in [7, 11) is 0. The first-order valence-corrected chi connectivity index (χ1v) is 9.06. The van der Waals surface area contributed by atoms with E-state index in [2.05, 4.69) is 20.2 Å². The van der Waals surface area contributed by atoms with E-state index in [9.17, 15) is 10.1 Å². The molecule has 128 valence electrons. The van der Waals surface area contributed by atoms with Crippen molar-refractivity contribution in [2.75, 3.05) is 0 Å². The van der Waals surface area contributed by atoms with Gasteiger partial charge in [0, 0.05) is 11.9 Å². The Morgan fingerprint density at radius 2 is 1.85 bits per heavy atom. The normalized spacial score (nSPS) is 10.8. The average molecular weight is 382 g/mol. The molecule has 0 spiro atoms. The highest BCUT2D eigenvalue weighted by Gasteiger charge is 2.20. The molecule has 0 saturated carbocycles. The van der Waals surface area contributed by atoms with Crippen molar-refractivity contribution in [1.29, 1.82) is 0 Å². The zero-order valence-electron chi connectivity index (χ0n) is 13.1. The van der Waals surface area contributed by atoms with Crippen LogP contribution in [0, 0.1) is 10.1 Å². The number of nitro groups is 1. The Morgan fingerprint density at radius 1 is 1.04 bits per heavy atom. The van der Waals surface area contributed by atoms with E-state index in [1.807, 2.05) is 53.1 Å². The first kappa shape index (κ1) is 16.4. The lowest BCUT2D eigenvalue weighted by molar-refractivity contribution is -0.380. The van der Waals surface area contributed by atoms with Crippen molar-refractivity contribution in [2.24, 2.45) is 0 Å². The topological polar surface area (TPSA) is 99.6 Å². The molecule has 0 aliphatic rings. The lowest BCUT2D eigenvalue weighted by Gasteiger charge is -2.08. The fourth-order valence-electron chi connectivity index (χ4n) is 2.27. The van der Waals surface area contributed by atoms with Gasteiger partial charge in [-0.25, -0.2) is 4.98 Å². The summed E-state index contributed by atoms with van der Waals surface area (Å²) < 4.78 is 2.38. The second-order valence-electron chi connectivity index (χ2n) is 5.02. The van der Waals surface area contributed by atoms with E-state index in [1.165, 1.54) is 18.0 Å². The van der Waals surface area contributed by atoms with Gasteiger partial charge < -0.3 is 0 Å². The van der Waals surface area contributed by atoms with Gasteiger partial charge in [-0.1, -0.05) is 24.3 Å². The fourth-order valence-corrected chi connectivity index (χ4v) is 4.00. The van der Waals surface area contributed by atoms with Gasteiger partial charge in [0.1, 0.15) is 11.9 Å². The Hall–Kier alpha value is -3.11. The largest absolute Gasteiger partial charge is 0.344 e. The van der Waals surface area contributed by atoms with Crippen LogP contribution in [0.4, 0.5) is 5.00 Å². The van der Waals surface area contributed by atoms with Gasteiger partial charge >= 0.3 is 5.00 Å². The molecule has 0 atom stereocenters. The number of para-hydroxylation sites is 1. The molecule has 0 saturated heterocycles. The molecule has 0 radical (unpaired) electrons. The van der Waals surface area contributed by atoms with E-state index < -0.39 is 4.92 Å². The van der Waals surface area contributed by atoms with E-state index in [0.717, 1.165) is 17.0 Å². The zero-order chi connectivity index (χ0) is 17.9. The number of hydrogen-bond donors (Lipinski definition) is 0. The Morgan fingerprint density at radius 3 is 2.54 bits per heavy atom. The highest BCUT2D eigenvalue weighted by molar-refractivity contribution is 8.01. The minimum Gasteiger partial charge on any atom is -0.268 e. The molecule has 10 heteroatoms. The summed E-state index contributed by atoms with van der Waals surface area (Å²) in [4.78, 5) is 18.9. The molecule has 0 fully saturated rings. The summed E-state index contributed by atoms with van der Waals surface area (Å²) in [5.74, 6) is 0.588. The molecule has 3 aromatic heterocycles. The summed E-state index contributed by atoms with van der Waals surface area (Å²) in [5.41, 5.74) is 1.55. The van der Waals surface area contributed by atoms with E-state index in [-0.39, 0.29) is 5.00 Å². The summed E-state index contributed by atoms with van der Waals surface area (Å²) in [5, 5.41) is 19.9. The molecule has 0 N–H and O–H groups in total. The van der Waals surface area contributed by atoms with E-state index >= 15 is 0 Å². The third kappa shape index (κ3) is 3.19.